The molecular weight excluding hydrogens is 322 g/mol. The van der Waals surface area contributed by atoms with Gasteiger partial charge in [-0.2, -0.15) is 0 Å². The molecular formula is C16H22ClNO3S. The first kappa shape index (κ1) is 17.3. The van der Waals surface area contributed by atoms with Gasteiger partial charge in [-0.3, -0.25) is 4.79 Å². The van der Waals surface area contributed by atoms with Crippen LogP contribution in [-0.2, 0) is 21.1 Å². The second-order valence-corrected chi connectivity index (χ2v) is 8.73. The predicted molar refractivity (Wildman–Crippen MR) is 88.8 cm³/mol. The number of hydrogen-bond donors (Lipinski definition) is 0. The van der Waals surface area contributed by atoms with Crippen molar-refractivity contribution in [3.05, 3.63) is 34.9 Å². The highest BCUT2D eigenvalue weighted by Crippen LogP contribution is 2.27. The lowest BCUT2D eigenvalue weighted by molar-refractivity contribution is -0.131. The van der Waals surface area contributed by atoms with Crippen molar-refractivity contribution < 1.29 is 13.2 Å². The Hall–Kier alpha value is -1.07. The largest absolute Gasteiger partial charge is 0.341 e. The molecule has 0 aliphatic heterocycles. The van der Waals surface area contributed by atoms with Gasteiger partial charge in [0.1, 0.15) is 0 Å². The van der Waals surface area contributed by atoms with Crippen molar-refractivity contribution in [1.29, 1.82) is 0 Å². The van der Waals surface area contributed by atoms with Crippen LogP contribution in [0.1, 0.15) is 31.2 Å². The van der Waals surface area contributed by atoms with Crippen molar-refractivity contribution in [3.63, 3.8) is 0 Å². The fraction of sp³-hybridized carbons (Fsp3) is 0.562. The van der Waals surface area contributed by atoms with Crippen molar-refractivity contribution >= 4 is 27.3 Å². The third-order valence-electron chi connectivity index (χ3n) is 4.38. The number of carbonyl (C=O) groups is 1. The third-order valence-corrected chi connectivity index (χ3v) is 6.28. The van der Waals surface area contributed by atoms with E-state index in [1.165, 1.54) is 6.26 Å². The highest BCUT2D eigenvalue weighted by molar-refractivity contribution is 7.91. The number of carbonyl (C=O) groups excluding carboxylic acids is 1. The monoisotopic (exact) mass is 343 g/mol. The van der Waals surface area contributed by atoms with Crippen LogP contribution < -0.4 is 0 Å². The standard InChI is InChI=1S/C16H22ClNO3S/c1-18(14-5-3-4-6-15(14)22(2,20)21)16(19)11-12-7-9-13(17)10-8-12/h7-10,14-15H,3-6,11H2,1-2H3/t14-,15+/m0/s1. The maximum absolute atomic E-state index is 12.5. The van der Waals surface area contributed by atoms with E-state index >= 15 is 0 Å². The molecule has 1 aliphatic rings. The maximum atomic E-state index is 12.5. The normalized spacial score (nSPS) is 22.3. The summed E-state index contributed by atoms with van der Waals surface area (Å²) >= 11 is 5.84. The fourth-order valence-corrected chi connectivity index (χ4v) is 4.72. The van der Waals surface area contributed by atoms with Gasteiger partial charge < -0.3 is 4.90 Å². The first-order chi connectivity index (χ1) is 10.3. The highest BCUT2D eigenvalue weighted by Gasteiger charge is 2.36. The average Bonchev–Trinajstić information content (AvgIpc) is 2.48. The van der Waals surface area contributed by atoms with Gasteiger partial charge in [0.05, 0.1) is 11.7 Å². The molecule has 0 radical (unpaired) electrons. The van der Waals surface area contributed by atoms with Crippen LogP contribution in [0.5, 0.6) is 0 Å². The van der Waals surface area contributed by atoms with Gasteiger partial charge in [-0.05, 0) is 30.5 Å². The zero-order chi connectivity index (χ0) is 16.3. The van der Waals surface area contributed by atoms with Crippen LogP contribution in [0, 0.1) is 0 Å². The second-order valence-electron chi connectivity index (χ2n) is 6.03. The molecule has 2 rings (SSSR count). The molecule has 1 aromatic carbocycles. The molecule has 1 aromatic rings. The van der Waals surface area contributed by atoms with E-state index in [1.54, 1.807) is 24.1 Å². The van der Waals surface area contributed by atoms with Crippen LogP contribution in [-0.4, -0.2) is 43.8 Å². The summed E-state index contributed by atoms with van der Waals surface area (Å²) in [6.07, 6.45) is 4.81. The molecule has 1 saturated carbocycles. The molecule has 2 atom stereocenters. The van der Waals surface area contributed by atoms with Crippen LogP contribution in [0.2, 0.25) is 5.02 Å². The summed E-state index contributed by atoms with van der Waals surface area (Å²) in [7, 11) is -1.43. The summed E-state index contributed by atoms with van der Waals surface area (Å²) in [6, 6.07) is 6.93. The molecule has 6 heteroatoms. The minimum Gasteiger partial charge on any atom is -0.341 e. The van der Waals surface area contributed by atoms with E-state index in [1.807, 2.05) is 12.1 Å². The SMILES string of the molecule is CN(C(=O)Cc1ccc(Cl)cc1)[C@H]1CCCC[C@H]1S(C)(=O)=O. The van der Waals surface area contributed by atoms with Crippen molar-refractivity contribution in [3.8, 4) is 0 Å². The summed E-state index contributed by atoms with van der Waals surface area (Å²) in [6.45, 7) is 0. The lowest BCUT2D eigenvalue weighted by Gasteiger charge is -2.37. The zero-order valence-corrected chi connectivity index (χ0v) is 14.5. The fourth-order valence-electron chi connectivity index (χ4n) is 3.11. The average molecular weight is 344 g/mol. The quantitative estimate of drug-likeness (QED) is 0.844. The molecule has 22 heavy (non-hydrogen) atoms. The van der Waals surface area contributed by atoms with E-state index in [9.17, 15) is 13.2 Å². The minimum atomic E-state index is -3.14. The van der Waals surface area contributed by atoms with E-state index < -0.39 is 15.1 Å². The number of nitrogens with zero attached hydrogens (tertiary/aromatic N) is 1. The Morgan fingerprint density at radius 1 is 1.23 bits per heavy atom. The number of halogens is 1. The second kappa shape index (κ2) is 7.01. The van der Waals surface area contributed by atoms with E-state index in [-0.39, 0.29) is 18.4 Å². The van der Waals surface area contributed by atoms with Gasteiger partial charge in [-0.25, -0.2) is 8.42 Å². The number of benzene rings is 1. The number of rotatable bonds is 4. The Balaban J connectivity index is 2.09. The van der Waals surface area contributed by atoms with Gasteiger partial charge in [-0.15, -0.1) is 0 Å². The predicted octanol–water partition coefficient (Wildman–Crippen LogP) is 2.70. The molecule has 0 spiro atoms. The Bertz CT molecular complexity index is 627. The first-order valence-electron chi connectivity index (χ1n) is 7.48. The number of hydrogen-bond acceptors (Lipinski definition) is 3. The van der Waals surface area contributed by atoms with Gasteiger partial charge in [0.15, 0.2) is 9.84 Å². The van der Waals surface area contributed by atoms with Crippen LogP contribution in [0.3, 0.4) is 0 Å². The molecule has 4 nitrogen and oxygen atoms in total. The summed E-state index contributed by atoms with van der Waals surface area (Å²) in [5.74, 6) is -0.0529. The number of likely N-dealkylation sites (N-methyl/N-ethyl adjacent to an activating group) is 1. The van der Waals surface area contributed by atoms with Crippen LogP contribution in [0.15, 0.2) is 24.3 Å². The van der Waals surface area contributed by atoms with Crippen molar-refractivity contribution in [2.75, 3.05) is 13.3 Å². The Morgan fingerprint density at radius 2 is 1.82 bits per heavy atom. The molecule has 0 bridgehead atoms. The molecule has 0 aromatic heterocycles. The van der Waals surface area contributed by atoms with Gasteiger partial charge in [0.25, 0.3) is 0 Å². The molecule has 1 amide bonds. The molecule has 0 N–H and O–H groups in total. The van der Waals surface area contributed by atoms with Gasteiger partial charge in [-0.1, -0.05) is 36.6 Å². The van der Waals surface area contributed by atoms with Crippen LogP contribution >= 0.6 is 11.6 Å². The van der Waals surface area contributed by atoms with E-state index in [2.05, 4.69) is 0 Å². The lowest BCUT2D eigenvalue weighted by Crippen LogP contribution is -2.49. The summed E-state index contributed by atoms with van der Waals surface area (Å²) in [5, 5.41) is 0.189. The minimum absolute atomic E-state index is 0.0529. The smallest absolute Gasteiger partial charge is 0.227 e. The molecule has 1 aliphatic carbocycles. The van der Waals surface area contributed by atoms with Crippen LogP contribution in [0.4, 0.5) is 0 Å². The summed E-state index contributed by atoms with van der Waals surface area (Å²) in [5.41, 5.74) is 0.882. The summed E-state index contributed by atoms with van der Waals surface area (Å²) < 4.78 is 23.9. The Labute approximate surface area is 137 Å². The zero-order valence-electron chi connectivity index (χ0n) is 13.0. The number of amides is 1. The number of sulfone groups is 1. The Kier molecular flexibility index (Phi) is 5.50. The lowest BCUT2D eigenvalue weighted by atomic mass is 9.93. The van der Waals surface area contributed by atoms with E-state index in [0.29, 0.717) is 11.4 Å². The van der Waals surface area contributed by atoms with Gasteiger partial charge in [0, 0.05) is 24.4 Å². The van der Waals surface area contributed by atoms with Gasteiger partial charge >= 0.3 is 0 Å². The van der Waals surface area contributed by atoms with Crippen LogP contribution in [0.25, 0.3) is 0 Å². The molecule has 0 saturated heterocycles. The molecule has 0 heterocycles. The first-order valence-corrected chi connectivity index (χ1v) is 9.81. The maximum Gasteiger partial charge on any atom is 0.227 e. The van der Waals surface area contributed by atoms with Crippen molar-refractivity contribution in [2.45, 2.75) is 43.4 Å². The topological polar surface area (TPSA) is 54.5 Å². The third kappa shape index (κ3) is 4.23. The molecule has 122 valence electrons. The highest BCUT2D eigenvalue weighted by atomic mass is 35.5. The molecule has 1 fully saturated rings. The Morgan fingerprint density at radius 3 is 2.41 bits per heavy atom. The van der Waals surface area contributed by atoms with Crippen molar-refractivity contribution in [2.24, 2.45) is 0 Å². The van der Waals surface area contributed by atoms with Gasteiger partial charge in [0.2, 0.25) is 5.91 Å². The summed E-state index contributed by atoms with van der Waals surface area (Å²) in [4.78, 5) is 14.1. The van der Waals surface area contributed by atoms with Crippen molar-refractivity contribution in [1.82, 2.24) is 4.90 Å². The van der Waals surface area contributed by atoms with E-state index in [0.717, 1.165) is 24.8 Å². The molecule has 0 unspecified atom stereocenters. The van der Waals surface area contributed by atoms with E-state index in [4.69, 9.17) is 11.6 Å².